The van der Waals surface area contributed by atoms with Gasteiger partial charge in [-0.05, 0) is 36.2 Å². The maximum absolute atomic E-state index is 13.1. The van der Waals surface area contributed by atoms with Gasteiger partial charge in [0.1, 0.15) is 11.3 Å². The zero-order valence-corrected chi connectivity index (χ0v) is 16.3. The summed E-state index contributed by atoms with van der Waals surface area (Å²) in [7, 11) is 1.63. The number of alkyl halides is 3. The Kier molecular flexibility index (Phi) is 3.93. The highest BCUT2D eigenvalue weighted by atomic mass is 19.4. The zero-order valence-electron chi connectivity index (χ0n) is 16.3. The summed E-state index contributed by atoms with van der Waals surface area (Å²) in [5.41, 5.74) is 1.59. The van der Waals surface area contributed by atoms with Crippen molar-refractivity contribution in [2.45, 2.75) is 13.1 Å². The van der Waals surface area contributed by atoms with E-state index < -0.39 is 11.9 Å². The summed E-state index contributed by atoms with van der Waals surface area (Å²) in [6, 6.07) is 9.68. The lowest BCUT2D eigenvalue weighted by molar-refractivity contribution is -0.141. The van der Waals surface area contributed by atoms with Crippen molar-refractivity contribution in [1.29, 1.82) is 0 Å². The predicted molar refractivity (Wildman–Crippen MR) is 108 cm³/mol. The van der Waals surface area contributed by atoms with E-state index in [-0.39, 0.29) is 11.1 Å². The summed E-state index contributed by atoms with van der Waals surface area (Å²) < 4.78 is 42.3. The molecule has 9 heteroatoms. The third-order valence-electron chi connectivity index (χ3n) is 5.55. The van der Waals surface area contributed by atoms with Crippen molar-refractivity contribution >= 4 is 22.2 Å². The van der Waals surface area contributed by atoms with Crippen LogP contribution in [0.1, 0.15) is 12.6 Å². The SMILES string of the molecule is CC1CN(c2ccc3c(=O)n(C)c4cc(-c5ccnc(C(F)(F)F)c5)nn4c3c2)C1. The summed E-state index contributed by atoms with van der Waals surface area (Å²) in [6.07, 6.45) is -3.43. The number of benzene rings is 1. The van der Waals surface area contributed by atoms with Gasteiger partial charge in [0.2, 0.25) is 0 Å². The minimum absolute atomic E-state index is 0.182. The summed E-state index contributed by atoms with van der Waals surface area (Å²) in [5, 5.41) is 5.04. The van der Waals surface area contributed by atoms with Gasteiger partial charge in [-0.15, -0.1) is 0 Å². The number of hydrogen-bond donors (Lipinski definition) is 0. The molecule has 5 rings (SSSR count). The minimum Gasteiger partial charge on any atom is -0.371 e. The lowest BCUT2D eigenvalue weighted by Crippen LogP contribution is -2.45. The van der Waals surface area contributed by atoms with E-state index in [4.69, 9.17) is 0 Å². The molecule has 1 fully saturated rings. The molecule has 1 aliphatic rings. The summed E-state index contributed by atoms with van der Waals surface area (Å²) >= 11 is 0. The molecule has 1 aliphatic heterocycles. The van der Waals surface area contributed by atoms with Crippen LogP contribution in [0.25, 0.3) is 27.8 Å². The first-order chi connectivity index (χ1) is 14.2. The van der Waals surface area contributed by atoms with Crippen molar-refractivity contribution in [3.8, 4) is 11.3 Å². The Morgan fingerprint density at radius 3 is 2.57 bits per heavy atom. The van der Waals surface area contributed by atoms with Gasteiger partial charge in [0.15, 0.2) is 0 Å². The molecule has 0 radical (unpaired) electrons. The number of nitrogens with zero attached hydrogens (tertiary/aromatic N) is 5. The van der Waals surface area contributed by atoms with Gasteiger partial charge < -0.3 is 4.90 Å². The van der Waals surface area contributed by atoms with Crippen LogP contribution in [0.4, 0.5) is 18.9 Å². The van der Waals surface area contributed by atoms with Crippen LogP contribution in [-0.2, 0) is 13.2 Å². The van der Waals surface area contributed by atoms with Crippen molar-refractivity contribution in [3.05, 3.63) is 58.6 Å². The molecule has 0 unspecified atom stereocenters. The van der Waals surface area contributed by atoms with Crippen molar-refractivity contribution in [1.82, 2.24) is 19.2 Å². The number of rotatable bonds is 2. The van der Waals surface area contributed by atoms with Gasteiger partial charge in [-0.2, -0.15) is 18.3 Å². The van der Waals surface area contributed by atoms with E-state index in [2.05, 4.69) is 21.9 Å². The maximum atomic E-state index is 13.1. The Morgan fingerprint density at radius 1 is 1.10 bits per heavy atom. The molecule has 30 heavy (non-hydrogen) atoms. The van der Waals surface area contributed by atoms with E-state index in [0.717, 1.165) is 31.0 Å². The Hall–Kier alpha value is -3.36. The minimum atomic E-state index is -4.54. The molecule has 0 spiro atoms. The first-order valence-electron chi connectivity index (χ1n) is 9.53. The molecular formula is C21H18F3N5O. The third kappa shape index (κ3) is 2.84. The third-order valence-corrected chi connectivity index (χ3v) is 5.55. The maximum Gasteiger partial charge on any atom is 0.433 e. The molecule has 0 amide bonds. The van der Waals surface area contributed by atoms with Crippen LogP contribution in [0.3, 0.4) is 0 Å². The van der Waals surface area contributed by atoms with Crippen molar-refractivity contribution < 1.29 is 13.2 Å². The van der Waals surface area contributed by atoms with Gasteiger partial charge in [-0.3, -0.25) is 14.3 Å². The van der Waals surface area contributed by atoms with Crippen LogP contribution in [0, 0.1) is 5.92 Å². The number of hydrogen-bond acceptors (Lipinski definition) is 4. The Morgan fingerprint density at radius 2 is 1.87 bits per heavy atom. The van der Waals surface area contributed by atoms with Crippen molar-refractivity contribution in [3.63, 3.8) is 0 Å². The number of aryl methyl sites for hydroxylation is 1. The van der Waals surface area contributed by atoms with Crippen LogP contribution in [-0.4, -0.2) is 32.3 Å². The van der Waals surface area contributed by atoms with E-state index in [1.54, 1.807) is 23.7 Å². The first-order valence-corrected chi connectivity index (χ1v) is 9.53. The van der Waals surface area contributed by atoms with Gasteiger partial charge >= 0.3 is 6.18 Å². The molecule has 0 N–H and O–H groups in total. The average Bonchev–Trinajstić information content (AvgIpc) is 3.15. The second-order valence-corrected chi connectivity index (χ2v) is 7.80. The van der Waals surface area contributed by atoms with Crippen LogP contribution in [0.15, 0.2) is 47.4 Å². The molecule has 1 aromatic carbocycles. The number of halogens is 3. The first kappa shape index (κ1) is 18.7. The van der Waals surface area contributed by atoms with Gasteiger partial charge in [-0.1, -0.05) is 6.92 Å². The molecule has 154 valence electrons. The molecule has 0 saturated carbocycles. The molecule has 3 aromatic heterocycles. The summed E-state index contributed by atoms with van der Waals surface area (Å²) in [5.74, 6) is 0.621. The van der Waals surface area contributed by atoms with E-state index in [1.807, 2.05) is 12.1 Å². The Balaban J connectivity index is 1.71. The lowest BCUT2D eigenvalue weighted by Gasteiger charge is -2.39. The highest BCUT2D eigenvalue weighted by Crippen LogP contribution is 2.31. The van der Waals surface area contributed by atoms with E-state index in [0.29, 0.717) is 28.2 Å². The topological polar surface area (TPSA) is 55.4 Å². The highest BCUT2D eigenvalue weighted by molar-refractivity contribution is 5.85. The average molecular weight is 413 g/mol. The predicted octanol–water partition coefficient (Wildman–Crippen LogP) is 3.72. The van der Waals surface area contributed by atoms with E-state index in [9.17, 15) is 18.0 Å². The molecule has 0 bridgehead atoms. The van der Waals surface area contributed by atoms with Gasteiger partial charge in [0.05, 0.1) is 16.6 Å². The molecule has 4 aromatic rings. The zero-order chi connectivity index (χ0) is 21.2. The molecule has 0 atom stereocenters. The van der Waals surface area contributed by atoms with E-state index >= 15 is 0 Å². The summed E-state index contributed by atoms with van der Waals surface area (Å²) in [6.45, 7) is 4.07. The number of pyridine rings is 1. The highest BCUT2D eigenvalue weighted by Gasteiger charge is 2.32. The standard InChI is InChI=1S/C21H18F3N5O/c1-12-10-28(11-12)14-3-4-15-17(8-14)29-19(27(2)20(15)30)9-16(26-29)13-5-6-25-18(7-13)21(22,23)24/h3-9,12H,10-11H2,1-2H3. The second kappa shape index (κ2) is 6.32. The Bertz CT molecular complexity index is 1350. The van der Waals surface area contributed by atoms with Crippen LogP contribution < -0.4 is 10.5 Å². The molecular weight excluding hydrogens is 395 g/mol. The molecule has 4 heterocycles. The second-order valence-electron chi connectivity index (χ2n) is 7.80. The quantitative estimate of drug-likeness (QED) is 0.503. The van der Waals surface area contributed by atoms with Gasteiger partial charge in [-0.25, -0.2) is 4.52 Å². The molecule has 6 nitrogen and oxygen atoms in total. The normalized spacial score (nSPS) is 15.2. The number of anilines is 1. The van der Waals surface area contributed by atoms with Gasteiger partial charge in [0, 0.05) is 43.7 Å². The van der Waals surface area contributed by atoms with Crippen LogP contribution in [0.5, 0.6) is 0 Å². The van der Waals surface area contributed by atoms with Crippen molar-refractivity contribution in [2.75, 3.05) is 18.0 Å². The smallest absolute Gasteiger partial charge is 0.371 e. The number of fused-ring (bicyclic) bond motifs is 3. The van der Waals surface area contributed by atoms with Crippen LogP contribution in [0.2, 0.25) is 0 Å². The van der Waals surface area contributed by atoms with Crippen LogP contribution >= 0.6 is 0 Å². The largest absolute Gasteiger partial charge is 0.433 e. The lowest BCUT2D eigenvalue weighted by atomic mass is 10.0. The molecule has 1 saturated heterocycles. The fourth-order valence-corrected chi connectivity index (χ4v) is 3.94. The number of aromatic nitrogens is 4. The fourth-order valence-electron chi connectivity index (χ4n) is 3.94. The molecule has 0 aliphatic carbocycles. The Labute approximate surface area is 169 Å². The monoisotopic (exact) mass is 413 g/mol. The van der Waals surface area contributed by atoms with Gasteiger partial charge in [0.25, 0.3) is 5.56 Å². The summed E-state index contributed by atoms with van der Waals surface area (Å²) in [4.78, 5) is 18.5. The van der Waals surface area contributed by atoms with Crippen molar-refractivity contribution in [2.24, 2.45) is 13.0 Å². The van der Waals surface area contributed by atoms with E-state index in [1.165, 1.54) is 10.6 Å². The fraction of sp³-hybridized carbons (Fsp3) is 0.286.